The third kappa shape index (κ3) is 4.20. The van der Waals surface area contributed by atoms with Gasteiger partial charge in [0.2, 0.25) is 0 Å². The zero-order valence-corrected chi connectivity index (χ0v) is 19.5. The maximum Gasteiger partial charge on any atom is 0.250 e. The lowest BCUT2D eigenvalue weighted by molar-refractivity contribution is 0.109. The van der Waals surface area contributed by atoms with Gasteiger partial charge in [0.05, 0.1) is 25.9 Å². The SMILES string of the molecule is CCC(C)C(O)c1c(OC)c(C)c(O[Si](C)(C)C(C)(C)C)c(C)c1OC. The Hall–Kier alpha value is -1.20. The van der Waals surface area contributed by atoms with Gasteiger partial charge in [-0.2, -0.15) is 0 Å². The first-order valence-electron chi connectivity index (χ1n) is 9.46. The van der Waals surface area contributed by atoms with Crippen molar-refractivity contribution < 1.29 is 19.0 Å². The van der Waals surface area contributed by atoms with Gasteiger partial charge >= 0.3 is 0 Å². The number of aliphatic hydroxyl groups is 1. The molecule has 2 unspecified atom stereocenters. The standard InChI is InChI=1S/C21H38O4Si/c1-12-13(2)17(22)16-19(23-8)14(3)18(15(4)20(16)24-9)25-26(10,11)21(5,6)7/h13,17,22H,12H2,1-11H3. The summed E-state index contributed by atoms with van der Waals surface area (Å²) in [7, 11) is 1.25. The van der Waals surface area contributed by atoms with E-state index in [-0.39, 0.29) is 11.0 Å². The number of methoxy groups -OCH3 is 2. The third-order valence-electron chi connectivity index (χ3n) is 5.90. The highest BCUT2D eigenvalue weighted by Crippen LogP contribution is 2.49. The summed E-state index contributed by atoms with van der Waals surface area (Å²) in [5.74, 6) is 2.25. The number of aliphatic hydroxyl groups excluding tert-OH is 1. The van der Waals surface area contributed by atoms with E-state index in [2.05, 4.69) is 40.8 Å². The molecule has 2 atom stereocenters. The molecule has 0 aliphatic heterocycles. The first-order valence-corrected chi connectivity index (χ1v) is 12.4. The van der Waals surface area contributed by atoms with Gasteiger partial charge in [0, 0.05) is 11.1 Å². The zero-order chi connectivity index (χ0) is 20.4. The van der Waals surface area contributed by atoms with Crippen LogP contribution in [0.5, 0.6) is 17.2 Å². The summed E-state index contributed by atoms with van der Waals surface area (Å²) >= 11 is 0. The van der Waals surface area contributed by atoms with Gasteiger partial charge in [-0.25, -0.2) is 0 Å². The molecule has 1 aromatic carbocycles. The fourth-order valence-corrected chi connectivity index (χ4v) is 3.98. The monoisotopic (exact) mass is 382 g/mol. The highest BCUT2D eigenvalue weighted by molar-refractivity contribution is 6.74. The second kappa shape index (κ2) is 8.22. The molecule has 0 aromatic heterocycles. The molecule has 0 aliphatic carbocycles. The number of hydrogen-bond acceptors (Lipinski definition) is 4. The van der Waals surface area contributed by atoms with Crippen molar-refractivity contribution >= 4 is 8.32 Å². The molecule has 1 aromatic rings. The molecule has 150 valence electrons. The maximum absolute atomic E-state index is 10.9. The smallest absolute Gasteiger partial charge is 0.250 e. The van der Waals surface area contributed by atoms with E-state index in [0.717, 1.165) is 28.9 Å². The molecule has 0 radical (unpaired) electrons. The van der Waals surface area contributed by atoms with Gasteiger partial charge in [0.25, 0.3) is 8.32 Å². The van der Waals surface area contributed by atoms with Gasteiger partial charge in [-0.15, -0.1) is 0 Å². The number of ether oxygens (including phenoxy) is 2. The van der Waals surface area contributed by atoms with Crippen molar-refractivity contribution in [2.45, 2.75) is 79.1 Å². The molecular formula is C21H38O4Si. The highest BCUT2D eigenvalue weighted by Gasteiger charge is 2.40. The lowest BCUT2D eigenvalue weighted by Crippen LogP contribution is -2.44. The van der Waals surface area contributed by atoms with E-state index < -0.39 is 14.4 Å². The molecule has 0 amide bonds. The number of rotatable bonds is 7. The Labute approximate surface area is 161 Å². The number of benzene rings is 1. The molecule has 1 rings (SSSR count). The fraction of sp³-hybridized carbons (Fsp3) is 0.714. The van der Waals surface area contributed by atoms with Gasteiger partial charge in [-0.3, -0.25) is 0 Å². The molecule has 0 spiro atoms. The van der Waals surface area contributed by atoms with Gasteiger partial charge in [-0.05, 0) is 37.9 Å². The van der Waals surface area contributed by atoms with E-state index in [9.17, 15) is 5.11 Å². The summed E-state index contributed by atoms with van der Waals surface area (Å²) in [5.41, 5.74) is 2.57. The van der Waals surface area contributed by atoms with Crippen molar-refractivity contribution in [1.82, 2.24) is 0 Å². The molecular weight excluding hydrogens is 344 g/mol. The van der Waals surface area contributed by atoms with E-state index in [1.807, 2.05) is 20.8 Å². The number of hydrogen-bond donors (Lipinski definition) is 1. The molecule has 4 nitrogen and oxygen atoms in total. The Morgan fingerprint density at radius 3 is 1.69 bits per heavy atom. The summed E-state index contributed by atoms with van der Waals surface area (Å²) in [6.45, 7) is 19.2. The Morgan fingerprint density at radius 2 is 1.38 bits per heavy atom. The normalized spacial score (nSPS) is 14.8. The first kappa shape index (κ1) is 22.8. The van der Waals surface area contributed by atoms with Crippen LogP contribution in [-0.4, -0.2) is 27.6 Å². The Bertz CT molecular complexity index is 601. The third-order valence-corrected chi connectivity index (χ3v) is 10.2. The minimum Gasteiger partial charge on any atom is -0.543 e. The van der Waals surface area contributed by atoms with Gasteiger partial charge in [0.1, 0.15) is 17.2 Å². The fourth-order valence-electron chi connectivity index (χ4n) is 2.86. The molecule has 0 saturated carbocycles. The van der Waals surface area contributed by atoms with Crippen LogP contribution in [0.2, 0.25) is 18.1 Å². The van der Waals surface area contributed by atoms with Crippen molar-refractivity contribution in [1.29, 1.82) is 0 Å². The van der Waals surface area contributed by atoms with Crippen LogP contribution in [0.25, 0.3) is 0 Å². The minimum atomic E-state index is -2.03. The van der Waals surface area contributed by atoms with Crippen molar-refractivity contribution in [3.05, 3.63) is 16.7 Å². The quantitative estimate of drug-likeness (QED) is 0.607. The lowest BCUT2D eigenvalue weighted by Gasteiger charge is -2.38. The Kier molecular flexibility index (Phi) is 7.22. The molecule has 0 fully saturated rings. The molecule has 0 bridgehead atoms. The first-order chi connectivity index (χ1) is 11.8. The van der Waals surface area contributed by atoms with Crippen molar-refractivity contribution in [2.24, 2.45) is 5.92 Å². The van der Waals surface area contributed by atoms with Crippen LogP contribution in [0.1, 0.15) is 63.8 Å². The second-order valence-electron chi connectivity index (χ2n) is 8.75. The van der Waals surface area contributed by atoms with E-state index in [1.54, 1.807) is 14.2 Å². The van der Waals surface area contributed by atoms with E-state index in [0.29, 0.717) is 11.5 Å². The average Bonchev–Trinajstić information content (AvgIpc) is 2.55. The summed E-state index contributed by atoms with van der Waals surface area (Å²) < 4.78 is 18.1. The summed E-state index contributed by atoms with van der Waals surface area (Å²) in [5, 5.41) is 11.0. The van der Waals surface area contributed by atoms with Crippen LogP contribution >= 0.6 is 0 Å². The van der Waals surface area contributed by atoms with E-state index in [1.165, 1.54) is 0 Å². The maximum atomic E-state index is 10.9. The van der Waals surface area contributed by atoms with E-state index in [4.69, 9.17) is 13.9 Å². The van der Waals surface area contributed by atoms with Crippen LogP contribution in [-0.2, 0) is 0 Å². The summed E-state index contributed by atoms with van der Waals surface area (Å²) in [6, 6.07) is 0. The van der Waals surface area contributed by atoms with Gasteiger partial charge < -0.3 is 19.0 Å². The zero-order valence-electron chi connectivity index (χ0n) is 18.5. The second-order valence-corrected chi connectivity index (χ2v) is 13.5. The average molecular weight is 383 g/mol. The highest BCUT2D eigenvalue weighted by atomic mass is 28.4. The largest absolute Gasteiger partial charge is 0.543 e. The Balaban J connectivity index is 3.68. The van der Waals surface area contributed by atoms with Crippen LogP contribution in [0.15, 0.2) is 0 Å². The van der Waals surface area contributed by atoms with Crippen LogP contribution in [0.3, 0.4) is 0 Å². The van der Waals surface area contributed by atoms with Gasteiger partial charge in [0.15, 0.2) is 0 Å². The molecule has 5 heteroatoms. The Morgan fingerprint density at radius 1 is 0.962 bits per heavy atom. The summed E-state index contributed by atoms with van der Waals surface area (Å²) in [6.07, 6.45) is 0.220. The molecule has 0 saturated heterocycles. The predicted molar refractivity (Wildman–Crippen MR) is 111 cm³/mol. The van der Waals surface area contributed by atoms with Crippen LogP contribution in [0, 0.1) is 19.8 Å². The predicted octanol–water partition coefficient (Wildman–Crippen LogP) is 5.78. The summed E-state index contributed by atoms with van der Waals surface area (Å²) in [4.78, 5) is 0. The molecule has 1 N–H and O–H groups in total. The van der Waals surface area contributed by atoms with Crippen LogP contribution in [0.4, 0.5) is 0 Å². The van der Waals surface area contributed by atoms with Crippen molar-refractivity contribution in [3.8, 4) is 17.2 Å². The topological polar surface area (TPSA) is 47.9 Å². The molecule has 26 heavy (non-hydrogen) atoms. The van der Waals surface area contributed by atoms with Gasteiger partial charge in [-0.1, -0.05) is 41.0 Å². The van der Waals surface area contributed by atoms with E-state index >= 15 is 0 Å². The van der Waals surface area contributed by atoms with Crippen molar-refractivity contribution in [2.75, 3.05) is 14.2 Å². The molecule has 0 heterocycles. The lowest BCUT2D eigenvalue weighted by atomic mass is 9.90. The van der Waals surface area contributed by atoms with Crippen LogP contribution < -0.4 is 13.9 Å². The van der Waals surface area contributed by atoms with Crippen molar-refractivity contribution in [3.63, 3.8) is 0 Å². The molecule has 0 aliphatic rings. The minimum absolute atomic E-state index is 0.0846.